The van der Waals surface area contributed by atoms with Crippen molar-refractivity contribution in [3.05, 3.63) is 83.4 Å². The van der Waals surface area contributed by atoms with Gasteiger partial charge in [0.2, 0.25) is 0 Å². The molecule has 3 aliphatic heterocycles. The molecule has 0 radical (unpaired) electrons. The molecule has 452 valence electrons. The van der Waals surface area contributed by atoms with Crippen LogP contribution in [0.2, 0.25) is 0 Å². The van der Waals surface area contributed by atoms with E-state index < -0.39 is 84.3 Å². The first kappa shape index (κ1) is 61.4. The molecule has 24 atom stereocenters. The first-order valence-corrected chi connectivity index (χ1v) is 31.4. The van der Waals surface area contributed by atoms with Crippen LogP contribution in [0.15, 0.2) is 72.3 Å². The molecule has 0 spiro atoms. The lowest BCUT2D eigenvalue weighted by molar-refractivity contribution is -0.378. The summed E-state index contributed by atoms with van der Waals surface area (Å²) in [4.78, 5) is 56.4. The van der Waals surface area contributed by atoms with Gasteiger partial charge >= 0.3 is 5.97 Å². The Morgan fingerprint density at radius 1 is 0.695 bits per heavy atom. The Kier molecular flexibility index (Phi) is 17.4. The fourth-order valence-corrected chi connectivity index (χ4v) is 18.3. The number of esters is 1. The number of Topliss-reactive ketones (excluding diaryl/α,β-unsaturated/α-hetero) is 2. The molecule has 10 rings (SSSR count). The number of ketones is 2. The van der Waals surface area contributed by atoms with Gasteiger partial charge in [-0.1, -0.05) is 143 Å². The number of ether oxygens (including phenoxy) is 8. The number of fused-ring (bicyclic) bond motifs is 7. The van der Waals surface area contributed by atoms with Crippen LogP contribution < -0.4 is 0 Å². The third kappa shape index (κ3) is 10.5. The van der Waals surface area contributed by atoms with Crippen molar-refractivity contribution in [2.75, 3.05) is 13.2 Å². The molecule has 0 bridgehead atoms. The van der Waals surface area contributed by atoms with Gasteiger partial charge in [-0.05, 0) is 146 Å². The Morgan fingerprint density at radius 3 is 2.04 bits per heavy atom. The van der Waals surface area contributed by atoms with Gasteiger partial charge in [0.15, 0.2) is 30.8 Å². The van der Waals surface area contributed by atoms with Crippen LogP contribution in [-0.2, 0) is 58.9 Å². The fraction of sp³-hybridized carbons (Fsp3) is 0.739. The second-order valence-electron chi connectivity index (χ2n) is 29.2. The highest BCUT2D eigenvalue weighted by Gasteiger charge is 2.71. The van der Waals surface area contributed by atoms with Gasteiger partial charge < -0.3 is 47.8 Å². The predicted octanol–water partition coefficient (Wildman–Crippen LogP) is 12.3. The summed E-state index contributed by atoms with van der Waals surface area (Å²) in [6.45, 7) is 30.8. The van der Waals surface area contributed by atoms with E-state index in [0.29, 0.717) is 44.0 Å². The van der Waals surface area contributed by atoms with E-state index in [0.717, 1.165) is 50.4 Å². The fourth-order valence-electron chi connectivity index (χ4n) is 18.3. The molecule has 9 unspecified atom stereocenters. The molecule has 8 aliphatic rings. The highest BCUT2D eigenvalue weighted by atomic mass is 16.8. The second kappa shape index (κ2) is 23.2. The zero-order chi connectivity index (χ0) is 59.1. The van der Waals surface area contributed by atoms with Gasteiger partial charge in [-0.2, -0.15) is 0 Å². The van der Waals surface area contributed by atoms with Crippen LogP contribution in [0, 0.1) is 85.8 Å². The zero-order valence-corrected chi connectivity index (χ0v) is 51.7. The van der Waals surface area contributed by atoms with Crippen LogP contribution in [0.1, 0.15) is 171 Å². The lowest BCUT2D eigenvalue weighted by atomic mass is 9.33. The number of benzene rings is 2. The van der Waals surface area contributed by atoms with Crippen molar-refractivity contribution in [2.24, 2.45) is 85.8 Å². The van der Waals surface area contributed by atoms with Gasteiger partial charge in [-0.3, -0.25) is 9.59 Å². The van der Waals surface area contributed by atoms with E-state index in [1.54, 1.807) is 31.2 Å². The van der Waals surface area contributed by atoms with Crippen LogP contribution in [0.5, 0.6) is 0 Å². The Bertz CT molecular complexity index is 2660. The number of carbonyl (C=O) groups is 4. The number of aldehydes is 1. The first-order chi connectivity index (χ1) is 38.7. The summed E-state index contributed by atoms with van der Waals surface area (Å²) in [7, 11) is 0. The summed E-state index contributed by atoms with van der Waals surface area (Å²) in [5, 5.41) is 12.5. The number of aliphatic hydroxyl groups is 1. The van der Waals surface area contributed by atoms with E-state index in [9.17, 15) is 24.3 Å². The van der Waals surface area contributed by atoms with E-state index in [-0.39, 0.29) is 81.3 Å². The molecule has 2 aromatic carbocycles. The van der Waals surface area contributed by atoms with Crippen LogP contribution in [0.3, 0.4) is 0 Å². The third-order valence-electron chi connectivity index (χ3n) is 24.2. The maximum Gasteiger partial charge on any atom is 0.338 e. The summed E-state index contributed by atoms with van der Waals surface area (Å²) in [5.74, 6) is -0.980. The molecule has 82 heavy (non-hydrogen) atoms. The van der Waals surface area contributed by atoms with Crippen molar-refractivity contribution in [3.63, 3.8) is 0 Å². The minimum atomic E-state index is -1.24. The highest BCUT2D eigenvalue weighted by Crippen LogP contribution is 2.76. The summed E-state index contributed by atoms with van der Waals surface area (Å²) >= 11 is 0. The molecule has 13 nitrogen and oxygen atoms in total. The molecule has 4 saturated carbocycles. The first-order valence-electron chi connectivity index (χ1n) is 31.4. The van der Waals surface area contributed by atoms with Crippen LogP contribution in [0.4, 0.5) is 0 Å². The Balaban J connectivity index is 0.995. The molecule has 13 heteroatoms. The minimum absolute atomic E-state index is 0.0190. The van der Waals surface area contributed by atoms with Crippen LogP contribution >= 0.6 is 0 Å². The standard InChI is InChI=1S/C69H98O13/c1-39-35-76-61(43(5)40(39)2)81-57-44(6)56(45(7)71)80-63(59(57)82-62-58(79-60(74)48-23-19-16-20-24-48)42(4)41(3)51(77-62)37-75-36-47-21-17-15-18-22-47)78-55-28-29-65(11)52(66(55,12)38-70)27-30-67(13)53(65)26-25-49-50-33-64(9,10)31-32-69(50,46(8)72)54(73)34-68(49,67)14/h15-25,38-44,50-59,61-63,73H,26-37H2,1-14H3/t39-,40+,41-,42+,43?,44-,50?,51?,52-,53?,54?,55+,56?,57+,58?,59?,61+,62+,63-,65?,66-,67+,68-,69-/m1/s1. The van der Waals surface area contributed by atoms with Crippen LogP contribution in [0.25, 0.3) is 0 Å². The van der Waals surface area contributed by atoms with E-state index in [1.165, 1.54) is 12.5 Å². The predicted molar refractivity (Wildman–Crippen MR) is 311 cm³/mol. The maximum atomic E-state index is 14.4. The quantitative estimate of drug-likeness (QED) is 0.0777. The molecule has 3 saturated heterocycles. The highest BCUT2D eigenvalue weighted by molar-refractivity contribution is 5.89. The topological polar surface area (TPSA) is 162 Å². The number of hydrogen-bond donors (Lipinski definition) is 1. The normalized spacial score (nSPS) is 46.1. The van der Waals surface area contributed by atoms with E-state index >= 15 is 0 Å². The van der Waals surface area contributed by atoms with Crippen LogP contribution in [-0.4, -0.2) is 104 Å². The lowest BCUT2D eigenvalue weighted by Crippen LogP contribution is -2.68. The summed E-state index contributed by atoms with van der Waals surface area (Å²) in [5.41, 5.74) is 0.176. The van der Waals surface area contributed by atoms with Crippen molar-refractivity contribution < 1.29 is 62.2 Å². The summed E-state index contributed by atoms with van der Waals surface area (Å²) in [6, 6.07) is 18.9. The van der Waals surface area contributed by atoms with Gasteiger partial charge in [-0.25, -0.2) is 4.79 Å². The van der Waals surface area contributed by atoms with Gasteiger partial charge in [0, 0.05) is 17.8 Å². The Morgan fingerprint density at radius 2 is 1.37 bits per heavy atom. The maximum absolute atomic E-state index is 14.4. The Hall–Kier alpha value is -3.66. The van der Waals surface area contributed by atoms with Crippen molar-refractivity contribution in [1.82, 2.24) is 0 Å². The van der Waals surface area contributed by atoms with E-state index in [2.05, 4.69) is 75.3 Å². The van der Waals surface area contributed by atoms with Crippen molar-refractivity contribution in [1.29, 1.82) is 0 Å². The van der Waals surface area contributed by atoms with Crippen molar-refractivity contribution >= 4 is 23.8 Å². The van der Waals surface area contributed by atoms with E-state index in [1.807, 2.05) is 50.2 Å². The van der Waals surface area contributed by atoms with Gasteiger partial charge in [-0.15, -0.1) is 0 Å². The molecule has 2 aromatic rings. The summed E-state index contributed by atoms with van der Waals surface area (Å²) in [6.07, 6.45) is 1.61. The third-order valence-corrected chi connectivity index (χ3v) is 24.2. The molecule has 1 N–H and O–H groups in total. The molecule has 3 heterocycles. The number of carbonyl (C=O) groups excluding carboxylic acids is 4. The minimum Gasteiger partial charge on any atom is -0.453 e. The zero-order valence-electron chi connectivity index (χ0n) is 51.7. The molecule has 5 aliphatic carbocycles. The monoisotopic (exact) mass is 1130 g/mol. The average molecular weight is 1140 g/mol. The Labute approximate surface area is 489 Å². The van der Waals surface area contributed by atoms with Gasteiger partial charge in [0.25, 0.3) is 0 Å². The van der Waals surface area contributed by atoms with Crippen molar-refractivity contribution in [3.8, 4) is 0 Å². The van der Waals surface area contributed by atoms with Gasteiger partial charge in [0.1, 0.15) is 24.3 Å². The molecule has 0 amide bonds. The number of aliphatic hydroxyl groups excluding tert-OH is 1. The number of allylic oxidation sites excluding steroid dienone is 2. The number of rotatable bonds is 15. The molecule has 7 fully saturated rings. The average Bonchev–Trinajstić information content (AvgIpc) is 0.755. The van der Waals surface area contributed by atoms with E-state index in [4.69, 9.17) is 37.9 Å². The summed E-state index contributed by atoms with van der Waals surface area (Å²) < 4.78 is 55.4. The molecular weight excluding hydrogens is 1040 g/mol. The lowest BCUT2D eigenvalue weighted by Gasteiger charge is -2.71. The molecular formula is C69H98O13. The largest absolute Gasteiger partial charge is 0.453 e. The molecule has 0 aromatic heterocycles. The van der Waals surface area contributed by atoms with Crippen molar-refractivity contribution in [2.45, 2.75) is 223 Å². The smallest absolute Gasteiger partial charge is 0.338 e. The second-order valence-corrected chi connectivity index (χ2v) is 29.2. The number of hydrogen-bond acceptors (Lipinski definition) is 13. The van der Waals surface area contributed by atoms with Gasteiger partial charge in [0.05, 0.1) is 60.6 Å². The SMILES string of the molecule is CC(=O)C1O[C@@H](O[C@H]2CCC3(C)C4CC=C5C6CC(C)(C)CC[C@]6(C(C)=O)C(O)C[C@@]5(C)[C@@]4(C)CC[C@H]3[C@@]2(C)C=O)C(O[C@@H]2OC(COCc3ccccc3)[C@H](C)[C@H](C)C2OC(=O)c2ccccc2)[C@@H](O[C@@H]2OC[C@@H](C)[C@H](C)C2C)[C@@H]1C.